The van der Waals surface area contributed by atoms with E-state index in [0.717, 1.165) is 5.92 Å². The van der Waals surface area contributed by atoms with Gasteiger partial charge in [-0.25, -0.2) is 4.39 Å². The van der Waals surface area contributed by atoms with Crippen LogP contribution in [0, 0.1) is 34.5 Å². The fourth-order valence-corrected chi connectivity index (χ4v) is 6.19. The first-order valence-electron chi connectivity index (χ1n) is 8.72. The zero-order chi connectivity index (χ0) is 14.8. The van der Waals surface area contributed by atoms with Crippen LogP contribution >= 0.6 is 0 Å². The highest BCUT2D eigenvalue weighted by Gasteiger charge is 2.57. The van der Waals surface area contributed by atoms with Crippen LogP contribution in [-0.4, -0.2) is 12.2 Å². The minimum absolute atomic E-state index is 0.163. The van der Waals surface area contributed by atoms with Crippen LogP contribution < -0.4 is 5.73 Å². The molecule has 0 amide bonds. The van der Waals surface area contributed by atoms with E-state index in [0.29, 0.717) is 35.6 Å². The van der Waals surface area contributed by atoms with Gasteiger partial charge in [0.2, 0.25) is 0 Å². The summed E-state index contributed by atoms with van der Waals surface area (Å²) >= 11 is 0. The van der Waals surface area contributed by atoms with Crippen molar-refractivity contribution in [2.45, 2.75) is 58.2 Å². The summed E-state index contributed by atoms with van der Waals surface area (Å²) in [4.78, 5) is 0. The van der Waals surface area contributed by atoms with E-state index >= 15 is 0 Å². The standard InChI is InChI=1S/C19H28FN/c1-18-9-7-13(20)11-12(18)3-4-14-15-5-6-17(21)19(15,2)10-8-16(14)18/h3-4,7,9,12-17H,5-6,8,10-11,21H2,1-2H3/t12?,13?,14-,15-,16-,17+,18-,19-/m0/s1. The monoisotopic (exact) mass is 289 g/mol. The van der Waals surface area contributed by atoms with Crippen molar-refractivity contribution in [2.24, 2.45) is 40.2 Å². The molecule has 0 radical (unpaired) electrons. The molecule has 2 heteroatoms. The van der Waals surface area contributed by atoms with Gasteiger partial charge in [-0.3, -0.25) is 0 Å². The van der Waals surface area contributed by atoms with E-state index in [1.807, 2.05) is 6.08 Å². The van der Waals surface area contributed by atoms with E-state index in [2.05, 4.69) is 32.1 Å². The molecule has 2 fully saturated rings. The van der Waals surface area contributed by atoms with Crippen LogP contribution in [-0.2, 0) is 0 Å². The average Bonchev–Trinajstić information content (AvgIpc) is 2.76. The van der Waals surface area contributed by atoms with Crippen molar-refractivity contribution < 1.29 is 4.39 Å². The first kappa shape index (κ1) is 14.0. The van der Waals surface area contributed by atoms with Crippen LogP contribution in [0.4, 0.5) is 4.39 Å². The number of alkyl halides is 1. The number of hydrogen-bond donors (Lipinski definition) is 1. The van der Waals surface area contributed by atoms with Crippen LogP contribution in [0.5, 0.6) is 0 Å². The fourth-order valence-electron chi connectivity index (χ4n) is 6.19. The normalized spacial score (nSPS) is 58.5. The van der Waals surface area contributed by atoms with Crippen LogP contribution in [0.15, 0.2) is 24.3 Å². The molecule has 21 heavy (non-hydrogen) atoms. The summed E-state index contributed by atoms with van der Waals surface area (Å²) in [6, 6.07) is 0.375. The smallest absolute Gasteiger partial charge is 0.119 e. The summed E-state index contributed by atoms with van der Waals surface area (Å²) in [5.74, 6) is 2.45. The van der Waals surface area contributed by atoms with Gasteiger partial charge in [0.05, 0.1) is 0 Å². The lowest BCUT2D eigenvalue weighted by Gasteiger charge is -2.56. The predicted octanol–water partition coefficient (Wildman–Crippen LogP) is 4.25. The van der Waals surface area contributed by atoms with Crippen molar-refractivity contribution in [1.82, 2.24) is 0 Å². The first-order chi connectivity index (χ1) is 9.95. The molecule has 8 atom stereocenters. The molecule has 2 unspecified atom stereocenters. The van der Waals surface area contributed by atoms with Crippen molar-refractivity contribution >= 4 is 0 Å². The Bertz CT molecular complexity index is 498. The lowest BCUT2D eigenvalue weighted by molar-refractivity contribution is -0.0189. The third-order valence-corrected chi connectivity index (χ3v) is 7.71. The molecule has 2 N–H and O–H groups in total. The highest BCUT2D eigenvalue weighted by atomic mass is 19.1. The Morgan fingerprint density at radius 2 is 1.86 bits per heavy atom. The largest absolute Gasteiger partial charge is 0.327 e. The summed E-state index contributed by atoms with van der Waals surface area (Å²) in [7, 11) is 0. The summed E-state index contributed by atoms with van der Waals surface area (Å²) in [6.07, 6.45) is 13.7. The second-order valence-corrected chi connectivity index (χ2v) is 8.49. The lowest BCUT2D eigenvalue weighted by Crippen LogP contribution is -2.52. The molecule has 0 saturated heterocycles. The Hall–Kier alpha value is -0.630. The van der Waals surface area contributed by atoms with Gasteiger partial charge in [0, 0.05) is 6.04 Å². The molecule has 116 valence electrons. The molecule has 4 rings (SSSR count). The molecule has 0 aromatic carbocycles. The maximum atomic E-state index is 13.7. The average molecular weight is 289 g/mol. The number of nitrogens with two attached hydrogens (primary N) is 1. The first-order valence-corrected chi connectivity index (χ1v) is 8.72. The van der Waals surface area contributed by atoms with Gasteiger partial charge < -0.3 is 5.73 Å². The van der Waals surface area contributed by atoms with Crippen molar-refractivity contribution in [3.05, 3.63) is 24.3 Å². The molecule has 0 aromatic heterocycles. The Morgan fingerprint density at radius 1 is 1.05 bits per heavy atom. The highest BCUT2D eigenvalue weighted by Crippen LogP contribution is 2.63. The number of allylic oxidation sites excluding steroid dienone is 4. The minimum Gasteiger partial charge on any atom is -0.327 e. The number of rotatable bonds is 0. The van der Waals surface area contributed by atoms with Gasteiger partial charge in [0.15, 0.2) is 0 Å². The van der Waals surface area contributed by atoms with Gasteiger partial charge in [-0.1, -0.05) is 38.2 Å². The van der Waals surface area contributed by atoms with Crippen molar-refractivity contribution in [3.63, 3.8) is 0 Å². The van der Waals surface area contributed by atoms with E-state index in [4.69, 9.17) is 5.73 Å². The third-order valence-electron chi connectivity index (χ3n) is 7.71. The van der Waals surface area contributed by atoms with Gasteiger partial charge in [-0.2, -0.15) is 0 Å². The molecule has 4 aliphatic rings. The summed E-state index contributed by atoms with van der Waals surface area (Å²) in [5.41, 5.74) is 6.93. The Balaban J connectivity index is 1.71. The van der Waals surface area contributed by atoms with Crippen LogP contribution in [0.25, 0.3) is 0 Å². The molecule has 0 heterocycles. The summed E-state index contributed by atoms with van der Waals surface area (Å²) in [6.45, 7) is 4.79. The molecule has 1 nitrogen and oxygen atoms in total. The number of halogens is 1. The predicted molar refractivity (Wildman–Crippen MR) is 84.4 cm³/mol. The second kappa shape index (κ2) is 4.44. The number of hydrogen-bond acceptors (Lipinski definition) is 1. The molecular formula is C19H28FN. The molecule has 0 spiro atoms. The van der Waals surface area contributed by atoms with E-state index in [1.165, 1.54) is 25.7 Å². The Labute approximate surface area is 127 Å². The van der Waals surface area contributed by atoms with Crippen molar-refractivity contribution in [2.75, 3.05) is 0 Å². The highest BCUT2D eigenvalue weighted by molar-refractivity contribution is 5.24. The molecule has 2 saturated carbocycles. The van der Waals surface area contributed by atoms with Gasteiger partial charge in [0.25, 0.3) is 0 Å². The summed E-state index contributed by atoms with van der Waals surface area (Å²) in [5, 5.41) is 0. The molecule has 4 aliphatic carbocycles. The Morgan fingerprint density at radius 3 is 2.67 bits per heavy atom. The molecule has 0 aromatic rings. The summed E-state index contributed by atoms with van der Waals surface area (Å²) < 4.78 is 13.7. The maximum Gasteiger partial charge on any atom is 0.119 e. The van der Waals surface area contributed by atoms with Crippen molar-refractivity contribution in [1.29, 1.82) is 0 Å². The van der Waals surface area contributed by atoms with Crippen LogP contribution in [0.2, 0.25) is 0 Å². The van der Waals surface area contributed by atoms with E-state index in [9.17, 15) is 4.39 Å². The van der Waals surface area contributed by atoms with Gasteiger partial charge in [-0.15, -0.1) is 0 Å². The Kier molecular flexibility index (Phi) is 2.96. The molecule has 0 bridgehead atoms. The van der Waals surface area contributed by atoms with Crippen LogP contribution in [0.3, 0.4) is 0 Å². The minimum atomic E-state index is -0.752. The van der Waals surface area contributed by atoms with Gasteiger partial charge >= 0.3 is 0 Å². The quantitative estimate of drug-likeness (QED) is 0.663. The van der Waals surface area contributed by atoms with E-state index < -0.39 is 6.17 Å². The van der Waals surface area contributed by atoms with E-state index in [1.54, 1.807) is 0 Å². The van der Waals surface area contributed by atoms with Gasteiger partial charge in [-0.05, 0) is 66.6 Å². The second-order valence-electron chi connectivity index (χ2n) is 8.49. The maximum absolute atomic E-state index is 13.7. The fraction of sp³-hybridized carbons (Fsp3) is 0.789. The van der Waals surface area contributed by atoms with E-state index in [-0.39, 0.29) is 5.41 Å². The lowest BCUT2D eigenvalue weighted by atomic mass is 9.48. The zero-order valence-electron chi connectivity index (χ0n) is 13.3. The number of fused-ring (bicyclic) bond motifs is 5. The SMILES string of the molecule is C[C@]12CC[C@H]3[C@@H](C=CC4CC(F)C=C[C@@]43C)[C@@H]1CC[C@H]2N. The molecule has 0 aliphatic heterocycles. The van der Waals surface area contributed by atoms with Crippen molar-refractivity contribution in [3.8, 4) is 0 Å². The third kappa shape index (κ3) is 1.78. The van der Waals surface area contributed by atoms with Crippen LogP contribution in [0.1, 0.15) is 46.0 Å². The van der Waals surface area contributed by atoms with Gasteiger partial charge in [0.1, 0.15) is 6.17 Å². The zero-order valence-corrected chi connectivity index (χ0v) is 13.3. The molecular weight excluding hydrogens is 261 g/mol. The topological polar surface area (TPSA) is 26.0 Å².